The highest BCUT2D eigenvalue weighted by Crippen LogP contribution is 2.45. The Kier molecular flexibility index (Phi) is 5.60. The van der Waals surface area contributed by atoms with Gasteiger partial charge in [0.1, 0.15) is 10.9 Å². The van der Waals surface area contributed by atoms with Crippen LogP contribution >= 0.6 is 0 Å². The normalized spacial score (nSPS) is 21.8. The highest BCUT2D eigenvalue weighted by molar-refractivity contribution is 5.91. The summed E-state index contributed by atoms with van der Waals surface area (Å²) >= 11 is 0. The molecule has 0 amide bonds. The van der Waals surface area contributed by atoms with E-state index in [4.69, 9.17) is 0 Å². The van der Waals surface area contributed by atoms with E-state index in [2.05, 4.69) is 26.8 Å². The van der Waals surface area contributed by atoms with Crippen molar-refractivity contribution in [2.75, 3.05) is 11.9 Å². The monoisotopic (exact) mass is 470 g/mol. The fraction of sp³-hybridized carbons (Fsp3) is 0.458. The number of anilines is 2. The first-order valence-corrected chi connectivity index (χ1v) is 11.5. The number of H-pyrrole nitrogens is 1. The van der Waals surface area contributed by atoms with Gasteiger partial charge in [0.2, 0.25) is 0 Å². The molecular formula is C24H25F3N6O. The van der Waals surface area contributed by atoms with Gasteiger partial charge in [-0.3, -0.25) is 14.8 Å². The number of benzene rings is 1. The predicted octanol–water partition coefficient (Wildman–Crippen LogP) is 4.86. The highest BCUT2D eigenvalue weighted by atomic mass is 19.4. The van der Waals surface area contributed by atoms with Gasteiger partial charge in [-0.2, -0.15) is 23.5 Å². The van der Waals surface area contributed by atoms with Gasteiger partial charge in [0.25, 0.3) is 5.56 Å². The zero-order valence-corrected chi connectivity index (χ0v) is 18.5. The molecule has 1 saturated heterocycles. The van der Waals surface area contributed by atoms with Crippen molar-refractivity contribution in [3.63, 3.8) is 0 Å². The molecule has 34 heavy (non-hydrogen) atoms. The van der Waals surface area contributed by atoms with Crippen LogP contribution in [0.5, 0.6) is 0 Å². The van der Waals surface area contributed by atoms with Gasteiger partial charge in [-0.15, -0.1) is 0 Å². The molecule has 2 fully saturated rings. The molecule has 7 nitrogen and oxygen atoms in total. The molecular weight excluding hydrogens is 445 g/mol. The molecule has 0 bridgehead atoms. The summed E-state index contributed by atoms with van der Waals surface area (Å²) in [6.07, 6.45) is 0.657. The first-order valence-electron chi connectivity index (χ1n) is 11.5. The summed E-state index contributed by atoms with van der Waals surface area (Å²) in [6, 6.07) is 9.94. The van der Waals surface area contributed by atoms with Crippen molar-refractivity contribution in [1.82, 2.24) is 20.1 Å². The number of aromatic amines is 1. The average molecular weight is 470 g/mol. The third-order valence-electron chi connectivity index (χ3n) is 6.94. The van der Waals surface area contributed by atoms with E-state index in [1.807, 2.05) is 0 Å². The lowest BCUT2D eigenvalue weighted by Gasteiger charge is -2.40. The number of hydrogen-bond acceptors (Lipinski definition) is 5. The minimum absolute atomic E-state index is 0.00482. The number of fused-ring (bicyclic) bond motifs is 1. The second-order valence-electron chi connectivity index (χ2n) is 9.12. The summed E-state index contributed by atoms with van der Waals surface area (Å²) < 4.78 is 43.8. The number of alkyl halides is 3. The Hall–Kier alpha value is -3.32. The van der Waals surface area contributed by atoms with Crippen molar-refractivity contribution < 1.29 is 13.2 Å². The molecule has 2 atom stereocenters. The molecule has 3 N–H and O–H groups in total. The van der Waals surface area contributed by atoms with Gasteiger partial charge in [0.05, 0.1) is 24.0 Å². The van der Waals surface area contributed by atoms with Crippen molar-refractivity contribution in [2.45, 2.75) is 56.3 Å². The highest BCUT2D eigenvalue weighted by Gasteiger charge is 2.56. The smallest absolute Gasteiger partial charge is 0.338 e. The van der Waals surface area contributed by atoms with Crippen molar-refractivity contribution in [1.29, 1.82) is 5.26 Å². The van der Waals surface area contributed by atoms with Gasteiger partial charge in [-0.25, -0.2) is 0 Å². The Balaban J connectivity index is 1.49. The van der Waals surface area contributed by atoms with Gasteiger partial charge in [-0.1, -0.05) is 12.1 Å². The Labute approximate surface area is 194 Å². The third kappa shape index (κ3) is 3.84. The van der Waals surface area contributed by atoms with Crippen LogP contribution < -0.4 is 16.2 Å². The molecule has 1 saturated carbocycles. The van der Waals surface area contributed by atoms with E-state index in [0.717, 1.165) is 19.3 Å². The van der Waals surface area contributed by atoms with Gasteiger partial charge >= 0.3 is 6.18 Å². The molecule has 3 aromatic rings. The lowest BCUT2D eigenvalue weighted by Crippen LogP contribution is -2.56. The molecule has 10 heteroatoms. The summed E-state index contributed by atoms with van der Waals surface area (Å²) in [5.74, 6) is 0.658. The van der Waals surface area contributed by atoms with E-state index in [0.29, 0.717) is 41.3 Å². The molecule has 0 spiro atoms. The maximum absolute atomic E-state index is 14.0. The van der Waals surface area contributed by atoms with Crippen molar-refractivity contribution >= 4 is 22.4 Å². The van der Waals surface area contributed by atoms with Crippen molar-refractivity contribution in [2.24, 2.45) is 5.92 Å². The number of piperidine rings is 1. The number of rotatable bonds is 6. The van der Waals surface area contributed by atoms with E-state index in [-0.39, 0.29) is 30.0 Å². The Morgan fingerprint density at radius 2 is 2.00 bits per heavy atom. The minimum Gasteiger partial charge on any atom is -0.338 e. The Bertz CT molecular complexity index is 1280. The molecule has 2 aliphatic rings. The fourth-order valence-corrected chi connectivity index (χ4v) is 5.00. The average Bonchev–Trinajstić information content (AvgIpc) is 3.60. The molecule has 0 radical (unpaired) electrons. The zero-order valence-electron chi connectivity index (χ0n) is 18.5. The number of nitrogens with zero attached hydrogens (tertiary/aromatic N) is 3. The molecule has 1 aromatic carbocycles. The third-order valence-corrected chi connectivity index (χ3v) is 6.94. The maximum Gasteiger partial charge on any atom is 0.410 e. The lowest BCUT2D eigenvalue weighted by molar-refractivity contribution is -0.207. The van der Waals surface area contributed by atoms with Gasteiger partial charge in [0.15, 0.2) is 5.82 Å². The molecule has 5 rings (SSSR count). The number of pyridine rings is 1. The number of nitrogens with one attached hydrogen (secondary N) is 3. The quantitative estimate of drug-likeness (QED) is 0.478. The number of aromatic nitrogens is 3. The topological polar surface area (TPSA) is 98.5 Å². The Morgan fingerprint density at radius 1 is 1.24 bits per heavy atom. The summed E-state index contributed by atoms with van der Waals surface area (Å²) in [5, 5.41) is 20.1. The van der Waals surface area contributed by atoms with Crippen LogP contribution in [0.1, 0.15) is 50.1 Å². The zero-order chi connectivity index (χ0) is 23.9. The molecule has 1 unspecified atom stereocenters. The van der Waals surface area contributed by atoms with Crippen molar-refractivity contribution in [3.05, 3.63) is 52.4 Å². The lowest BCUT2D eigenvalue weighted by atomic mass is 9.81. The molecule has 2 aromatic heterocycles. The predicted molar refractivity (Wildman–Crippen MR) is 122 cm³/mol. The summed E-state index contributed by atoms with van der Waals surface area (Å²) in [4.78, 5) is 15.3. The minimum atomic E-state index is -4.41. The Morgan fingerprint density at radius 3 is 2.62 bits per heavy atom. The fourth-order valence-electron chi connectivity index (χ4n) is 5.00. The molecule has 178 valence electrons. The van der Waals surface area contributed by atoms with E-state index in [1.165, 1.54) is 12.1 Å². The maximum atomic E-state index is 14.0. The summed E-state index contributed by atoms with van der Waals surface area (Å²) in [7, 11) is 0. The molecule has 1 aliphatic carbocycles. The van der Waals surface area contributed by atoms with E-state index in [1.54, 1.807) is 29.1 Å². The van der Waals surface area contributed by atoms with Crippen LogP contribution in [-0.2, 0) is 5.54 Å². The number of hydrogen-bond donors (Lipinski definition) is 3. The van der Waals surface area contributed by atoms with Crippen LogP contribution in [0.3, 0.4) is 0 Å². The van der Waals surface area contributed by atoms with Gasteiger partial charge in [0, 0.05) is 11.9 Å². The van der Waals surface area contributed by atoms with Crippen LogP contribution in [0.15, 0.2) is 41.3 Å². The van der Waals surface area contributed by atoms with E-state index < -0.39 is 11.7 Å². The van der Waals surface area contributed by atoms with Crippen LogP contribution in [-0.4, -0.2) is 27.5 Å². The number of halogens is 3. The van der Waals surface area contributed by atoms with Crippen LogP contribution in [0.25, 0.3) is 10.9 Å². The largest absolute Gasteiger partial charge is 0.410 e. The summed E-state index contributed by atoms with van der Waals surface area (Å²) in [6.45, 7) is 0.316. The van der Waals surface area contributed by atoms with Crippen molar-refractivity contribution in [3.8, 4) is 6.07 Å². The molecule has 1 aliphatic heterocycles. The first-order chi connectivity index (χ1) is 16.3. The SMILES string of the molecule is N#CCC(C1CC1)n1nc(Nc2ccc([C@@]3(C(F)(F)F)CCCCN3)cc2)c2c(=O)[nH]ccc21. The van der Waals surface area contributed by atoms with Crippen LogP contribution in [0, 0.1) is 17.2 Å². The van der Waals surface area contributed by atoms with Crippen LogP contribution in [0.2, 0.25) is 0 Å². The standard InChI is InChI=1S/C24H25F3N6O/c25-24(26,27)23(11-1-2-13-30-23)16-5-7-17(8-6-16)31-21-20-19(10-14-29-22(20)34)33(32-21)18(9-12-28)15-3-4-15/h5-8,10,14-15,18,30H,1-4,9,11,13H2,(H,29,34)(H,31,32)/t18?,23-/m1/s1. The molecule has 3 heterocycles. The first kappa shape index (κ1) is 22.5. The van der Waals surface area contributed by atoms with Gasteiger partial charge in [-0.05, 0) is 68.3 Å². The van der Waals surface area contributed by atoms with E-state index >= 15 is 0 Å². The summed E-state index contributed by atoms with van der Waals surface area (Å²) in [5.41, 5.74) is -1.06. The van der Waals surface area contributed by atoms with E-state index in [9.17, 15) is 23.2 Å². The number of nitriles is 1. The van der Waals surface area contributed by atoms with Gasteiger partial charge < -0.3 is 10.3 Å². The van der Waals surface area contributed by atoms with Crippen LogP contribution in [0.4, 0.5) is 24.7 Å². The second-order valence-corrected chi connectivity index (χ2v) is 9.12. The second kappa shape index (κ2) is 8.47.